The highest BCUT2D eigenvalue weighted by Crippen LogP contribution is 2.51. The molecule has 0 spiro atoms. The van der Waals surface area contributed by atoms with Gasteiger partial charge in [-0.15, -0.1) is 11.3 Å². The maximum Gasteiger partial charge on any atom is 0.322 e. The van der Waals surface area contributed by atoms with Crippen LogP contribution in [0.3, 0.4) is 0 Å². The normalized spacial score (nSPS) is 20.4. The van der Waals surface area contributed by atoms with E-state index in [1.165, 1.54) is 11.3 Å². The van der Waals surface area contributed by atoms with Crippen molar-refractivity contribution >= 4 is 50.6 Å². The predicted molar refractivity (Wildman–Crippen MR) is 103 cm³/mol. The van der Waals surface area contributed by atoms with E-state index in [4.69, 9.17) is 9.84 Å². The third-order valence-corrected chi connectivity index (χ3v) is 5.76. The molecule has 2 aromatic rings. The lowest BCUT2D eigenvalue weighted by Gasteiger charge is -2.44. The first-order chi connectivity index (χ1) is 13.4. The number of thiazole rings is 1. The number of nitrogens with one attached hydrogen (secondary N) is 1. The number of nitrogens with zero attached hydrogens (tertiary/aromatic N) is 2. The molecular formula is C17H14BrN3O6S. The van der Waals surface area contributed by atoms with Gasteiger partial charge in [-0.05, 0) is 28.1 Å². The van der Waals surface area contributed by atoms with Crippen LogP contribution in [0, 0.1) is 0 Å². The summed E-state index contributed by atoms with van der Waals surface area (Å²) in [7, 11) is 0. The number of hydrogen-bond acceptors (Lipinski definition) is 8. The van der Waals surface area contributed by atoms with Crippen molar-refractivity contribution in [3.63, 3.8) is 0 Å². The highest BCUT2D eigenvalue weighted by molar-refractivity contribution is 9.10. The average molecular weight is 468 g/mol. The summed E-state index contributed by atoms with van der Waals surface area (Å²) in [5, 5.41) is 34.5. The Morgan fingerprint density at radius 1 is 1.43 bits per heavy atom. The number of hydrogen-bond donors (Lipinski definition) is 4. The van der Waals surface area contributed by atoms with Crippen molar-refractivity contribution in [3.05, 3.63) is 44.3 Å². The second kappa shape index (κ2) is 7.08. The minimum Gasteiger partial charge on any atom is -0.507 e. The highest BCUT2D eigenvalue weighted by Gasteiger charge is 2.44. The van der Waals surface area contributed by atoms with Gasteiger partial charge in [0.05, 0.1) is 21.4 Å². The number of aliphatic hydroxyl groups is 2. The van der Waals surface area contributed by atoms with Gasteiger partial charge in [0.2, 0.25) is 0 Å². The Bertz CT molecular complexity index is 993. The zero-order chi connectivity index (χ0) is 20.0. The Morgan fingerprint density at radius 3 is 2.89 bits per heavy atom. The predicted octanol–water partition coefficient (Wildman–Crippen LogP) is 1.65. The Labute approximate surface area is 171 Å². The lowest BCUT2D eigenvalue weighted by molar-refractivity contribution is -0.137. The second-order valence-electron chi connectivity index (χ2n) is 6.13. The number of amides is 1. The average Bonchev–Trinajstić information content (AvgIpc) is 3.19. The number of aromatic nitrogens is 1. The number of halogens is 1. The number of carboxylic acid groups (broad SMARTS) is 1. The van der Waals surface area contributed by atoms with Gasteiger partial charge < -0.3 is 30.3 Å². The first-order valence-electron chi connectivity index (χ1n) is 8.13. The highest BCUT2D eigenvalue weighted by atomic mass is 79.9. The first-order valence-corrected chi connectivity index (χ1v) is 9.87. The summed E-state index contributed by atoms with van der Waals surface area (Å²) >= 11 is 4.78. The van der Waals surface area contributed by atoms with Gasteiger partial charge in [0.25, 0.3) is 5.91 Å². The van der Waals surface area contributed by atoms with Gasteiger partial charge in [-0.1, -0.05) is 0 Å². The Morgan fingerprint density at radius 2 is 2.21 bits per heavy atom. The molecular weight excluding hydrogens is 454 g/mol. The Hall–Kier alpha value is -2.63. The molecule has 3 heterocycles. The molecule has 0 radical (unpaired) electrons. The van der Waals surface area contributed by atoms with Crippen LogP contribution in [0.25, 0.3) is 5.76 Å². The molecule has 1 amide bonds. The van der Waals surface area contributed by atoms with Crippen molar-refractivity contribution in [1.29, 1.82) is 0 Å². The van der Waals surface area contributed by atoms with Crippen molar-refractivity contribution < 1.29 is 29.6 Å². The van der Waals surface area contributed by atoms with E-state index in [0.29, 0.717) is 27.2 Å². The van der Waals surface area contributed by atoms with E-state index in [2.05, 4.69) is 26.2 Å². The molecule has 0 saturated heterocycles. The summed E-state index contributed by atoms with van der Waals surface area (Å²) in [6.07, 6.45) is -1.52. The van der Waals surface area contributed by atoms with Crippen LogP contribution in [-0.4, -0.2) is 51.6 Å². The van der Waals surface area contributed by atoms with Crippen LogP contribution in [-0.2, 0) is 9.59 Å². The minimum absolute atomic E-state index is 0.167. The Balaban J connectivity index is 1.86. The summed E-state index contributed by atoms with van der Waals surface area (Å²) in [5.74, 6) is -2.11. The van der Waals surface area contributed by atoms with Gasteiger partial charge in [-0.2, -0.15) is 0 Å². The van der Waals surface area contributed by atoms with Crippen LogP contribution in [0.15, 0.2) is 33.1 Å². The molecule has 28 heavy (non-hydrogen) atoms. The largest absolute Gasteiger partial charge is 0.507 e. The molecule has 9 nitrogen and oxygen atoms in total. The number of rotatable bonds is 4. The van der Waals surface area contributed by atoms with Gasteiger partial charge in [0, 0.05) is 10.9 Å². The van der Waals surface area contributed by atoms with Crippen molar-refractivity contribution in [2.75, 3.05) is 18.1 Å². The number of benzene rings is 1. The number of ether oxygens (including phenoxy) is 1. The number of aliphatic hydroxyl groups excluding tert-OH is 2. The summed E-state index contributed by atoms with van der Waals surface area (Å²) < 4.78 is 6.49. The van der Waals surface area contributed by atoms with E-state index in [0.717, 1.165) is 0 Å². The first kappa shape index (κ1) is 18.7. The number of anilines is 1. The van der Waals surface area contributed by atoms with Gasteiger partial charge in [-0.3, -0.25) is 9.59 Å². The fraction of sp³-hybridized carbons (Fsp3) is 0.235. The molecule has 4 N–H and O–H groups in total. The molecule has 2 atom stereocenters. The smallest absolute Gasteiger partial charge is 0.322 e. The topological polar surface area (TPSA) is 132 Å². The molecule has 11 heteroatoms. The summed E-state index contributed by atoms with van der Waals surface area (Å²) in [6.45, 7) is -0.472. The number of carboxylic acids is 1. The molecule has 0 fully saturated rings. The van der Waals surface area contributed by atoms with Crippen molar-refractivity contribution in [3.8, 4) is 5.75 Å². The molecule has 4 rings (SSSR count). The van der Waals surface area contributed by atoms with E-state index in [9.17, 15) is 19.8 Å². The molecule has 2 aliphatic rings. The molecule has 2 unspecified atom stereocenters. The quantitative estimate of drug-likeness (QED) is 0.533. The fourth-order valence-electron chi connectivity index (χ4n) is 3.32. The standard InChI is InChI=1S/C17H14BrN3O6S/c18-8-2-1-7-13-15(8)27-4-10(9-5-28-6-20-9)21(13)17(26)12(14(7)24)16(25)19-3-11(22)23/h1-2,5-6,10,17,24,26H,3-4H2,(H,19,25)(H,22,23). The molecule has 2 aliphatic heterocycles. The van der Waals surface area contributed by atoms with Gasteiger partial charge in [0.1, 0.15) is 30.5 Å². The lowest BCUT2D eigenvalue weighted by Crippen LogP contribution is -2.50. The van der Waals surface area contributed by atoms with E-state index < -0.39 is 36.5 Å². The fourth-order valence-corrected chi connectivity index (χ4v) is 4.35. The molecule has 146 valence electrons. The summed E-state index contributed by atoms with van der Waals surface area (Å²) in [5.41, 5.74) is 2.69. The maximum atomic E-state index is 12.5. The molecule has 0 aliphatic carbocycles. The third kappa shape index (κ3) is 2.91. The van der Waals surface area contributed by atoms with Crippen molar-refractivity contribution in [1.82, 2.24) is 10.3 Å². The van der Waals surface area contributed by atoms with Gasteiger partial charge in [0.15, 0.2) is 12.0 Å². The van der Waals surface area contributed by atoms with Crippen molar-refractivity contribution in [2.24, 2.45) is 0 Å². The molecule has 1 aromatic carbocycles. The zero-order valence-corrected chi connectivity index (χ0v) is 16.5. The second-order valence-corrected chi connectivity index (χ2v) is 7.71. The van der Waals surface area contributed by atoms with Crippen LogP contribution >= 0.6 is 27.3 Å². The van der Waals surface area contributed by atoms with E-state index in [1.54, 1.807) is 22.5 Å². The number of carbonyl (C=O) groups is 2. The lowest BCUT2D eigenvalue weighted by atomic mass is 9.94. The van der Waals surface area contributed by atoms with Crippen LogP contribution < -0.4 is 15.0 Å². The van der Waals surface area contributed by atoms with Crippen molar-refractivity contribution in [2.45, 2.75) is 12.3 Å². The van der Waals surface area contributed by atoms with Crippen LogP contribution in [0.1, 0.15) is 17.3 Å². The van der Waals surface area contributed by atoms with E-state index in [-0.39, 0.29) is 12.2 Å². The van der Waals surface area contributed by atoms with Crippen LogP contribution in [0.4, 0.5) is 5.69 Å². The third-order valence-electron chi connectivity index (χ3n) is 4.53. The SMILES string of the molecule is O=C(O)CNC(=O)C1=C(O)c2ccc(Br)c3c2N(C1O)C(c1cscn1)CO3. The van der Waals surface area contributed by atoms with Crippen LogP contribution in [0.2, 0.25) is 0 Å². The minimum atomic E-state index is -1.52. The zero-order valence-electron chi connectivity index (χ0n) is 14.1. The van der Waals surface area contributed by atoms with Gasteiger partial charge in [-0.25, -0.2) is 4.98 Å². The van der Waals surface area contributed by atoms with E-state index >= 15 is 0 Å². The maximum absolute atomic E-state index is 12.5. The monoisotopic (exact) mass is 467 g/mol. The number of carbonyl (C=O) groups excluding carboxylic acids is 1. The summed E-state index contributed by atoms with van der Waals surface area (Å²) in [4.78, 5) is 29.1. The molecule has 0 saturated carbocycles. The van der Waals surface area contributed by atoms with Gasteiger partial charge >= 0.3 is 5.97 Å². The van der Waals surface area contributed by atoms with E-state index in [1.807, 2.05) is 5.38 Å². The van der Waals surface area contributed by atoms with Crippen LogP contribution in [0.5, 0.6) is 5.75 Å². The molecule has 1 aromatic heterocycles. The number of aliphatic carboxylic acids is 1. The summed E-state index contributed by atoms with van der Waals surface area (Å²) in [6, 6.07) is 2.75. The molecule has 0 bridgehead atoms. The Kier molecular flexibility index (Phi) is 4.73.